The molecule has 1 aliphatic rings. The van der Waals surface area contributed by atoms with E-state index >= 15 is 0 Å². The van der Waals surface area contributed by atoms with Crippen LogP contribution in [0.5, 0.6) is 0 Å². The van der Waals surface area contributed by atoms with Gasteiger partial charge in [0.25, 0.3) is 5.91 Å². The van der Waals surface area contributed by atoms with Crippen molar-refractivity contribution < 1.29 is 18.0 Å². The van der Waals surface area contributed by atoms with Crippen LogP contribution in [0.2, 0.25) is 0 Å². The molecule has 5 heteroatoms. The van der Waals surface area contributed by atoms with Crippen LogP contribution in [0.15, 0.2) is 12.1 Å². The first-order valence-electron chi connectivity index (χ1n) is 6.04. The fraction of sp³-hybridized carbons (Fsp3) is 0.462. The maximum Gasteiger partial charge on any atom is 0.254 e. The summed E-state index contributed by atoms with van der Waals surface area (Å²) in [6.07, 6.45) is 4.86. The van der Waals surface area contributed by atoms with Gasteiger partial charge in [0, 0.05) is 6.04 Å². The molecule has 0 unspecified atom stereocenters. The van der Waals surface area contributed by atoms with Gasteiger partial charge >= 0.3 is 0 Å². The molecule has 1 fully saturated rings. The average molecular weight is 257 g/mol. The van der Waals surface area contributed by atoms with E-state index in [9.17, 15) is 18.0 Å². The monoisotopic (exact) mass is 257 g/mol. The summed E-state index contributed by atoms with van der Waals surface area (Å²) in [7, 11) is 0. The van der Waals surface area contributed by atoms with Crippen LogP contribution in [-0.2, 0) is 0 Å². The molecule has 1 N–H and O–H groups in total. The van der Waals surface area contributed by atoms with Gasteiger partial charge in [-0.1, -0.05) is 19.3 Å². The second-order valence-corrected chi connectivity index (χ2v) is 4.53. The Morgan fingerprint density at radius 2 is 1.72 bits per heavy atom. The van der Waals surface area contributed by atoms with Crippen molar-refractivity contribution in [3.8, 4) is 0 Å². The number of carbonyl (C=O) groups is 1. The lowest BCUT2D eigenvalue weighted by atomic mass is 9.95. The lowest BCUT2D eigenvalue weighted by Crippen LogP contribution is -2.36. The van der Waals surface area contributed by atoms with Gasteiger partial charge in [-0.2, -0.15) is 0 Å². The summed E-state index contributed by atoms with van der Waals surface area (Å²) in [5.41, 5.74) is -0.445. The minimum absolute atomic E-state index is 0.00114. The molecule has 0 bridgehead atoms. The Bertz CT molecular complexity index is 456. The summed E-state index contributed by atoms with van der Waals surface area (Å²) in [4.78, 5) is 11.8. The SMILES string of the molecule is O=C(NC1CCCCC1)c1ccc(F)c(F)c1F. The Hall–Kier alpha value is -1.52. The molecule has 2 rings (SSSR count). The van der Waals surface area contributed by atoms with Crippen LogP contribution in [0.25, 0.3) is 0 Å². The van der Waals surface area contributed by atoms with Crippen molar-refractivity contribution in [2.75, 3.05) is 0 Å². The van der Waals surface area contributed by atoms with Gasteiger partial charge in [0.1, 0.15) is 0 Å². The van der Waals surface area contributed by atoms with Crippen LogP contribution in [0.1, 0.15) is 42.5 Å². The number of nitrogens with one attached hydrogen (secondary N) is 1. The number of amides is 1. The van der Waals surface area contributed by atoms with Gasteiger partial charge in [-0.25, -0.2) is 13.2 Å². The van der Waals surface area contributed by atoms with Crippen LogP contribution >= 0.6 is 0 Å². The Kier molecular flexibility index (Phi) is 3.89. The highest BCUT2D eigenvalue weighted by molar-refractivity contribution is 5.94. The number of hydrogen-bond donors (Lipinski definition) is 1. The molecule has 18 heavy (non-hydrogen) atoms. The zero-order valence-corrected chi connectivity index (χ0v) is 9.81. The molecule has 1 aliphatic carbocycles. The van der Waals surface area contributed by atoms with Crippen LogP contribution < -0.4 is 5.32 Å². The van der Waals surface area contributed by atoms with Crippen molar-refractivity contribution in [1.82, 2.24) is 5.32 Å². The summed E-state index contributed by atoms with van der Waals surface area (Å²) in [5, 5.41) is 2.65. The zero-order valence-electron chi connectivity index (χ0n) is 9.81. The molecule has 0 atom stereocenters. The van der Waals surface area contributed by atoms with E-state index in [4.69, 9.17) is 0 Å². The topological polar surface area (TPSA) is 29.1 Å². The first-order valence-corrected chi connectivity index (χ1v) is 6.04. The third-order valence-electron chi connectivity index (χ3n) is 3.22. The minimum atomic E-state index is -1.61. The maximum absolute atomic E-state index is 13.4. The molecule has 1 saturated carbocycles. The lowest BCUT2D eigenvalue weighted by Gasteiger charge is -2.22. The van der Waals surface area contributed by atoms with Crippen molar-refractivity contribution >= 4 is 5.91 Å². The Morgan fingerprint density at radius 1 is 1.06 bits per heavy atom. The van der Waals surface area contributed by atoms with E-state index in [1.165, 1.54) is 0 Å². The highest BCUT2D eigenvalue weighted by Crippen LogP contribution is 2.19. The predicted molar refractivity (Wildman–Crippen MR) is 60.7 cm³/mol. The first-order chi connectivity index (χ1) is 8.59. The van der Waals surface area contributed by atoms with Crippen molar-refractivity contribution in [3.63, 3.8) is 0 Å². The second-order valence-electron chi connectivity index (χ2n) is 4.53. The van der Waals surface area contributed by atoms with Gasteiger partial charge in [-0.3, -0.25) is 4.79 Å². The van der Waals surface area contributed by atoms with Crippen LogP contribution in [-0.4, -0.2) is 11.9 Å². The summed E-state index contributed by atoms with van der Waals surface area (Å²) in [6.45, 7) is 0. The normalized spacial score (nSPS) is 16.6. The highest BCUT2D eigenvalue weighted by Gasteiger charge is 2.21. The van der Waals surface area contributed by atoms with Crippen molar-refractivity contribution in [3.05, 3.63) is 35.1 Å². The van der Waals surface area contributed by atoms with Crippen LogP contribution in [0.3, 0.4) is 0 Å². The predicted octanol–water partition coefficient (Wildman–Crippen LogP) is 3.17. The van der Waals surface area contributed by atoms with E-state index in [1.807, 2.05) is 0 Å². The molecule has 0 saturated heterocycles. The summed E-state index contributed by atoms with van der Waals surface area (Å²) in [6, 6.07) is 1.72. The number of halogens is 3. The first kappa shape index (κ1) is 12.9. The number of rotatable bonds is 2. The quantitative estimate of drug-likeness (QED) is 0.810. The molecule has 1 aromatic rings. The van der Waals surface area contributed by atoms with Crippen molar-refractivity contribution in [1.29, 1.82) is 0 Å². The summed E-state index contributed by atoms with van der Waals surface area (Å²) >= 11 is 0. The van der Waals surface area contributed by atoms with Gasteiger partial charge < -0.3 is 5.32 Å². The number of carbonyl (C=O) groups excluding carboxylic acids is 1. The van der Waals surface area contributed by atoms with E-state index < -0.39 is 28.9 Å². The maximum atomic E-state index is 13.4. The standard InChI is InChI=1S/C13H14F3NO/c14-10-7-6-9(11(15)12(10)16)13(18)17-8-4-2-1-3-5-8/h6-8H,1-5H2,(H,17,18). The number of hydrogen-bond acceptors (Lipinski definition) is 1. The Labute approximate surface area is 103 Å². The molecule has 0 radical (unpaired) electrons. The lowest BCUT2D eigenvalue weighted by molar-refractivity contribution is 0.0922. The second kappa shape index (κ2) is 5.42. The van der Waals surface area contributed by atoms with E-state index in [0.717, 1.165) is 44.2 Å². The van der Waals surface area contributed by atoms with Gasteiger partial charge in [0.2, 0.25) is 0 Å². The molecule has 0 spiro atoms. The molecule has 0 aliphatic heterocycles. The largest absolute Gasteiger partial charge is 0.349 e. The van der Waals surface area contributed by atoms with Gasteiger partial charge in [-0.05, 0) is 25.0 Å². The van der Waals surface area contributed by atoms with Gasteiger partial charge in [0.15, 0.2) is 17.5 Å². The van der Waals surface area contributed by atoms with E-state index in [0.29, 0.717) is 0 Å². The van der Waals surface area contributed by atoms with Crippen molar-refractivity contribution in [2.45, 2.75) is 38.1 Å². The molecule has 1 amide bonds. The number of benzene rings is 1. The van der Waals surface area contributed by atoms with E-state index in [2.05, 4.69) is 5.32 Å². The molecule has 0 aromatic heterocycles. The Morgan fingerprint density at radius 3 is 2.39 bits per heavy atom. The smallest absolute Gasteiger partial charge is 0.254 e. The van der Waals surface area contributed by atoms with Gasteiger partial charge in [0.05, 0.1) is 5.56 Å². The molecule has 1 aromatic carbocycles. The minimum Gasteiger partial charge on any atom is -0.349 e. The van der Waals surface area contributed by atoms with Crippen LogP contribution in [0, 0.1) is 17.5 Å². The molecular weight excluding hydrogens is 243 g/mol. The van der Waals surface area contributed by atoms with E-state index in [1.54, 1.807) is 0 Å². The fourth-order valence-electron chi connectivity index (χ4n) is 2.21. The third-order valence-corrected chi connectivity index (χ3v) is 3.22. The molecule has 98 valence electrons. The Balaban J connectivity index is 2.11. The average Bonchev–Trinajstić information content (AvgIpc) is 2.37. The van der Waals surface area contributed by atoms with Gasteiger partial charge in [-0.15, -0.1) is 0 Å². The highest BCUT2D eigenvalue weighted by atomic mass is 19.2. The summed E-state index contributed by atoms with van der Waals surface area (Å²) < 4.78 is 39.1. The van der Waals surface area contributed by atoms with Crippen LogP contribution in [0.4, 0.5) is 13.2 Å². The fourth-order valence-corrected chi connectivity index (χ4v) is 2.21. The summed E-state index contributed by atoms with van der Waals surface area (Å²) in [5.74, 6) is -5.00. The zero-order chi connectivity index (χ0) is 13.1. The molecular formula is C13H14F3NO. The third kappa shape index (κ3) is 2.66. The molecule has 0 heterocycles. The van der Waals surface area contributed by atoms with Crippen molar-refractivity contribution in [2.24, 2.45) is 0 Å². The van der Waals surface area contributed by atoms with E-state index in [-0.39, 0.29) is 6.04 Å². The molecule has 2 nitrogen and oxygen atoms in total.